The van der Waals surface area contributed by atoms with Crippen LogP contribution in [0, 0.1) is 5.92 Å². The van der Waals surface area contributed by atoms with Crippen LogP contribution in [-0.2, 0) is 19.9 Å². The van der Waals surface area contributed by atoms with Crippen LogP contribution < -0.4 is 10.4 Å². The first-order valence-corrected chi connectivity index (χ1v) is 11.6. The van der Waals surface area contributed by atoms with Gasteiger partial charge >= 0.3 is 5.97 Å². The highest BCUT2D eigenvalue weighted by atomic mass is 16.6. The number of nitrogens with one attached hydrogen (secondary N) is 1. The first kappa shape index (κ1) is 23.3. The molecule has 2 aliphatic rings. The fourth-order valence-corrected chi connectivity index (χ4v) is 5.21. The number of hydrogen-bond acceptors (Lipinski definition) is 7. The maximum atomic E-state index is 14.1. The van der Waals surface area contributed by atoms with E-state index in [4.69, 9.17) is 4.74 Å². The maximum Gasteiger partial charge on any atom is 0.300 e. The van der Waals surface area contributed by atoms with E-state index in [1.54, 1.807) is 24.3 Å². The Morgan fingerprint density at radius 3 is 2.52 bits per heavy atom. The standard InChI is InChI=1S/C24H31N5O4/c1-29(15-21(30)28-23-26-16-25-17-27-23)13-7-12-20(14-29)33-22(31)24(32,19-10-5-6-11-19)18-8-3-2-4-9-18/h2-4,8-9,16-17,19-20H,5-7,10-15H2,1H3,(H,25,26,27,28,30)/t20?,24?,29-/m1/s1. The predicted octanol–water partition coefficient (Wildman–Crippen LogP) is 1.41. The Morgan fingerprint density at radius 2 is 1.82 bits per heavy atom. The van der Waals surface area contributed by atoms with Crippen LogP contribution >= 0.6 is 0 Å². The first-order chi connectivity index (χ1) is 15.9. The van der Waals surface area contributed by atoms with Crippen molar-refractivity contribution in [1.29, 1.82) is 0 Å². The van der Waals surface area contributed by atoms with Crippen LogP contribution in [0.15, 0.2) is 43.0 Å². The van der Waals surface area contributed by atoms with Gasteiger partial charge in [0, 0.05) is 12.0 Å². The second-order valence-corrected chi connectivity index (χ2v) is 9.45. The van der Waals surface area contributed by atoms with Crippen LogP contribution in [0.3, 0.4) is 0 Å². The van der Waals surface area contributed by atoms with Gasteiger partial charge in [0.15, 0.2) is 12.6 Å². The first-order valence-electron chi connectivity index (χ1n) is 11.6. The molecule has 176 valence electrons. The number of piperidine rings is 1. The Morgan fingerprint density at radius 1 is 1.12 bits per heavy atom. The average Bonchev–Trinajstić information content (AvgIpc) is 3.35. The van der Waals surface area contributed by atoms with Crippen molar-refractivity contribution in [1.82, 2.24) is 15.0 Å². The predicted molar refractivity (Wildman–Crippen MR) is 118 cm³/mol. The Labute approximate surface area is 193 Å². The number of rotatable bonds is 7. The number of benzene rings is 1. The zero-order chi connectivity index (χ0) is 23.3. The van der Waals surface area contributed by atoms with E-state index < -0.39 is 17.7 Å². The van der Waals surface area contributed by atoms with Gasteiger partial charge in [-0.25, -0.2) is 15.0 Å². The van der Waals surface area contributed by atoms with Gasteiger partial charge in [-0.2, -0.15) is 0 Å². The van der Waals surface area contributed by atoms with Gasteiger partial charge in [0.25, 0.3) is 5.91 Å². The highest BCUT2D eigenvalue weighted by Gasteiger charge is 2.42. The van der Waals surface area contributed by atoms with Gasteiger partial charge in [-0.1, -0.05) is 56.0 Å². The molecule has 1 aliphatic heterocycles. The molecule has 2 aromatic rings. The Bertz CT molecular complexity index is 954. The van der Waals surface area contributed by atoms with E-state index in [9.17, 15) is 14.7 Å². The molecule has 9 nitrogen and oxygen atoms in total. The molecule has 0 radical (unpaired) electrons. The lowest BCUT2D eigenvalue weighted by atomic mass is 9.80. The number of carbonyl (C=O) groups excluding carboxylic acids is 2. The van der Waals surface area contributed by atoms with Gasteiger partial charge in [-0.3, -0.25) is 14.9 Å². The minimum atomic E-state index is -1.89. The number of esters is 1. The minimum absolute atomic E-state index is 0.198. The van der Waals surface area contributed by atoms with Crippen molar-refractivity contribution < 1.29 is 23.9 Å². The van der Waals surface area contributed by atoms with Crippen molar-refractivity contribution in [3.63, 3.8) is 0 Å². The Hall–Kier alpha value is -2.91. The lowest BCUT2D eigenvalue weighted by molar-refractivity contribution is -0.909. The molecule has 4 rings (SSSR count). The summed E-state index contributed by atoms with van der Waals surface area (Å²) < 4.78 is 6.30. The highest BCUT2D eigenvalue weighted by molar-refractivity contribution is 5.89. The third-order valence-electron chi connectivity index (χ3n) is 6.85. The van der Waals surface area contributed by atoms with Crippen LogP contribution in [0.2, 0.25) is 0 Å². The molecular formula is C24H31N5O4. The summed E-state index contributed by atoms with van der Waals surface area (Å²) in [5.41, 5.74) is -1.42. The zero-order valence-corrected chi connectivity index (χ0v) is 19.0. The third kappa shape index (κ3) is 5.36. The summed E-state index contributed by atoms with van der Waals surface area (Å²) >= 11 is 0. The van der Waals surface area contributed by atoms with Gasteiger partial charge in [0.05, 0.1) is 13.6 Å². The molecule has 2 fully saturated rings. The maximum absolute atomic E-state index is 14.1. The summed E-state index contributed by atoms with van der Waals surface area (Å²) in [6, 6.07) is 8.90. The summed E-state index contributed by atoms with van der Waals surface area (Å²) in [4.78, 5) is 37.5. The Balaban J connectivity index is 1.43. The van der Waals surface area contributed by atoms with Crippen molar-refractivity contribution in [2.24, 2.45) is 5.92 Å². The number of likely N-dealkylation sites (tertiary alicyclic amines) is 1. The number of amides is 1. The lowest BCUT2D eigenvalue weighted by Crippen LogP contribution is -2.59. The molecule has 3 atom stereocenters. The second kappa shape index (κ2) is 9.93. The number of ether oxygens (including phenoxy) is 1. The minimum Gasteiger partial charge on any atom is -0.837 e. The summed E-state index contributed by atoms with van der Waals surface area (Å²) in [6.07, 6.45) is 7.13. The molecule has 1 aromatic heterocycles. The monoisotopic (exact) mass is 453 g/mol. The summed E-state index contributed by atoms with van der Waals surface area (Å²) in [5.74, 6) is -0.960. The summed E-state index contributed by atoms with van der Waals surface area (Å²) in [7, 11) is 1.96. The largest absolute Gasteiger partial charge is 0.837 e. The van der Waals surface area contributed by atoms with Gasteiger partial charge in [-0.15, -0.1) is 0 Å². The van der Waals surface area contributed by atoms with Crippen molar-refractivity contribution in [3.05, 3.63) is 48.5 Å². The van der Waals surface area contributed by atoms with Gasteiger partial charge in [0.2, 0.25) is 5.95 Å². The smallest absolute Gasteiger partial charge is 0.300 e. The zero-order valence-electron chi connectivity index (χ0n) is 19.0. The van der Waals surface area contributed by atoms with E-state index in [0.717, 1.165) is 38.6 Å². The van der Waals surface area contributed by atoms with Crippen molar-refractivity contribution in [2.45, 2.75) is 50.2 Å². The van der Waals surface area contributed by atoms with Crippen molar-refractivity contribution in [2.75, 3.05) is 32.0 Å². The molecule has 2 unspecified atom stereocenters. The number of carbonyl (C=O) groups is 2. The van der Waals surface area contributed by atoms with Gasteiger partial charge in [0.1, 0.15) is 19.2 Å². The van der Waals surface area contributed by atoms with Crippen LogP contribution in [0.4, 0.5) is 5.95 Å². The molecular weight excluding hydrogens is 422 g/mol. The molecule has 1 aromatic carbocycles. The molecule has 33 heavy (non-hydrogen) atoms. The number of likely N-dealkylation sites (N-methyl/N-ethyl adjacent to an activating group) is 1. The molecule has 1 amide bonds. The van der Waals surface area contributed by atoms with Crippen molar-refractivity contribution >= 4 is 17.8 Å². The lowest BCUT2D eigenvalue weighted by Gasteiger charge is -2.46. The van der Waals surface area contributed by atoms with E-state index >= 15 is 0 Å². The molecule has 1 aliphatic carbocycles. The van der Waals surface area contributed by atoms with E-state index in [2.05, 4.69) is 20.3 Å². The van der Waals surface area contributed by atoms with E-state index in [0.29, 0.717) is 23.0 Å². The molecule has 9 heteroatoms. The highest BCUT2D eigenvalue weighted by Crippen LogP contribution is 2.40. The average molecular weight is 454 g/mol. The number of nitrogens with zero attached hydrogens (tertiary/aromatic N) is 4. The number of aromatic nitrogens is 3. The molecule has 1 saturated heterocycles. The van der Waals surface area contributed by atoms with Gasteiger partial charge < -0.3 is 14.3 Å². The second-order valence-electron chi connectivity index (χ2n) is 9.45. The number of anilines is 1. The third-order valence-corrected chi connectivity index (χ3v) is 6.85. The molecule has 1 N–H and O–H groups in total. The van der Waals surface area contributed by atoms with Crippen LogP contribution in [0.1, 0.15) is 44.1 Å². The number of hydrogen-bond donors (Lipinski definition) is 1. The molecule has 2 heterocycles. The Kier molecular flexibility index (Phi) is 6.99. The topological polar surface area (TPSA) is 117 Å². The van der Waals surface area contributed by atoms with Gasteiger partial charge in [-0.05, 0) is 17.9 Å². The van der Waals surface area contributed by atoms with Crippen LogP contribution in [0.25, 0.3) is 0 Å². The van der Waals surface area contributed by atoms with Crippen LogP contribution in [-0.4, -0.2) is 64.1 Å². The normalized spacial score (nSPS) is 25.2. The van der Waals surface area contributed by atoms with Crippen LogP contribution in [0.5, 0.6) is 0 Å². The number of quaternary nitrogens is 1. The van der Waals surface area contributed by atoms with E-state index in [1.807, 2.05) is 13.1 Å². The quantitative estimate of drug-likeness (QED) is 0.497. The van der Waals surface area contributed by atoms with E-state index in [1.165, 1.54) is 12.7 Å². The SMILES string of the molecule is C[N@@+]1(CC(=O)Nc2ncncn2)CCCC(OC(=O)C([O-])(c2ccccc2)C2CCCC2)C1. The molecule has 1 saturated carbocycles. The summed E-state index contributed by atoms with van der Waals surface area (Å²) in [6.45, 7) is 1.46. The fraction of sp³-hybridized carbons (Fsp3) is 0.542. The molecule has 0 spiro atoms. The molecule has 0 bridgehead atoms. The van der Waals surface area contributed by atoms with E-state index in [-0.39, 0.29) is 24.3 Å². The summed E-state index contributed by atoms with van der Waals surface area (Å²) in [5, 5.41) is 16.7. The van der Waals surface area contributed by atoms with Crippen molar-refractivity contribution in [3.8, 4) is 0 Å². The fourth-order valence-electron chi connectivity index (χ4n) is 5.21.